The van der Waals surface area contributed by atoms with E-state index in [0.29, 0.717) is 57.9 Å². The SMILES string of the molecule is CC(C)C[C@H](NC(=O)CCC1CCCCC1)C(=O)N=C1CC[C@@H](C)N(C(=O)N2CCOCC2)CC1=O. The summed E-state index contributed by atoms with van der Waals surface area (Å²) in [6, 6.07) is -1.05. The van der Waals surface area contributed by atoms with Crippen LogP contribution in [0.2, 0.25) is 0 Å². The van der Waals surface area contributed by atoms with Crippen LogP contribution in [-0.2, 0) is 19.1 Å². The van der Waals surface area contributed by atoms with E-state index in [4.69, 9.17) is 4.74 Å². The summed E-state index contributed by atoms with van der Waals surface area (Å²) in [5, 5.41) is 2.90. The van der Waals surface area contributed by atoms with Crippen LogP contribution in [0.15, 0.2) is 4.99 Å². The Hall–Kier alpha value is -2.29. The monoisotopic (exact) mass is 504 g/mol. The van der Waals surface area contributed by atoms with Gasteiger partial charge in [0, 0.05) is 25.6 Å². The van der Waals surface area contributed by atoms with E-state index in [-0.39, 0.29) is 41.9 Å². The molecule has 0 unspecified atom stereocenters. The maximum Gasteiger partial charge on any atom is 0.320 e. The third kappa shape index (κ3) is 8.39. The third-order valence-electron chi connectivity index (χ3n) is 7.58. The number of hydrogen-bond acceptors (Lipinski definition) is 5. The molecular weight excluding hydrogens is 460 g/mol. The van der Waals surface area contributed by atoms with Crippen LogP contribution in [0.3, 0.4) is 0 Å². The quantitative estimate of drug-likeness (QED) is 0.572. The average Bonchev–Trinajstić information content (AvgIpc) is 3.01. The van der Waals surface area contributed by atoms with Crippen molar-refractivity contribution in [2.75, 3.05) is 32.8 Å². The van der Waals surface area contributed by atoms with E-state index < -0.39 is 11.9 Å². The van der Waals surface area contributed by atoms with E-state index in [9.17, 15) is 19.2 Å². The van der Waals surface area contributed by atoms with Crippen molar-refractivity contribution in [2.45, 2.75) is 97.1 Å². The van der Waals surface area contributed by atoms with Gasteiger partial charge in [0.05, 0.1) is 25.5 Å². The Labute approximate surface area is 215 Å². The van der Waals surface area contributed by atoms with Gasteiger partial charge in [-0.1, -0.05) is 46.0 Å². The predicted octanol–water partition coefficient (Wildman–Crippen LogP) is 3.35. The second-order valence-corrected chi connectivity index (χ2v) is 11.0. The van der Waals surface area contributed by atoms with Gasteiger partial charge in [0.15, 0.2) is 5.78 Å². The van der Waals surface area contributed by atoms with Crippen molar-refractivity contribution in [1.82, 2.24) is 15.1 Å². The highest BCUT2D eigenvalue weighted by Crippen LogP contribution is 2.27. The van der Waals surface area contributed by atoms with Crippen molar-refractivity contribution in [3.8, 4) is 0 Å². The highest BCUT2D eigenvalue weighted by molar-refractivity contribution is 6.42. The molecule has 2 aliphatic heterocycles. The molecule has 0 bridgehead atoms. The fraction of sp³-hybridized carbons (Fsp3) is 0.815. The topological polar surface area (TPSA) is 108 Å². The van der Waals surface area contributed by atoms with E-state index in [0.717, 1.165) is 6.42 Å². The van der Waals surface area contributed by atoms with E-state index in [1.807, 2.05) is 20.8 Å². The third-order valence-corrected chi connectivity index (χ3v) is 7.58. The fourth-order valence-corrected chi connectivity index (χ4v) is 5.33. The molecule has 202 valence electrons. The maximum atomic E-state index is 13.1. The fourth-order valence-electron chi connectivity index (χ4n) is 5.33. The molecule has 3 fully saturated rings. The number of rotatable bonds is 7. The molecule has 3 aliphatic rings. The molecule has 2 atom stereocenters. The Morgan fingerprint density at radius 2 is 1.78 bits per heavy atom. The van der Waals surface area contributed by atoms with Crippen LogP contribution in [0.5, 0.6) is 0 Å². The number of aliphatic imine (C=N–C) groups is 1. The van der Waals surface area contributed by atoms with Crippen LogP contribution in [0.1, 0.15) is 85.0 Å². The molecular formula is C27H44N4O5. The molecule has 1 saturated carbocycles. The number of carbonyl (C=O) groups is 4. The zero-order valence-electron chi connectivity index (χ0n) is 22.3. The van der Waals surface area contributed by atoms with E-state index >= 15 is 0 Å². The summed E-state index contributed by atoms with van der Waals surface area (Å²) in [4.78, 5) is 59.3. The molecule has 1 aliphatic carbocycles. The summed E-state index contributed by atoms with van der Waals surface area (Å²) in [7, 11) is 0. The minimum absolute atomic E-state index is 0.0912. The van der Waals surface area contributed by atoms with Crippen LogP contribution in [0.4, 0.5) is 4.79 Å². The number of likely N-dealkylation sites (tertiary alicyclic amines) is 1. The second kappa shape index (κ2) is 13.9. The van der Waals surface area contributed by atoms with Crippen molar-refractivity contribution in [3.05, 3.63) is 0 Å². The van der Waals surface area contributed by atoms with Gasteiger partial charge in [-0.2, -0.15) is 0 Å². The number of ether oxygens (including phenoxy) is 1. The Morgan fingerprint density at radius 3 is 2.44 bits per heavy atom. The Balaban J connectivity index is 1.61. The number of Topliss-reactive ketones (excluding diaryl/α,β-unsaturated/α-hetero) is 1. The lowest BCUT2D eigenvalue weighted by Gasteiger charge is -2.34. The first-order valence-electron chi connectivity index (χ1n) is 13.8. The molecule has 1 N–H and O–H groups in total. The van der Waals surface area contributed by atoms with Crippen LogP contribution >= 0.6 is 0 Å². The highest BCUT2D eigenvalue weighted by atomic mass is 16.5. The molecule has 0 aromatic carbocycles. The van der Waals surface area contributed by atoms with E-state index in [1.165, 1.54) is 32.1 Å². The minimum atomic E-state index is -0.740. The summed E-state index contributed by atoms with van der Waals surface area (Å²) in [6.45, 7) is 7.82. The number of amides is 4. The predicted molar refractivity (Wildman–Crippen MR) is 138 cm³/mol. The minimum Gasteiger partial charge on any atom is -0.378 e. The van der Waals surface area contributed by atoms with Gasteiger partial charge in [0.2, 0.25) is 5.91 Å². The van der Waals surface area contributed by atoms with Crippen molar-refractivity contribution >= 4 is 29.3 Å². The molecule has 36 heavy (non-hydrogen) atoms. The first-order valence-corrected chi connectivity index (χ1v) is 13.8. The van der Waals surface area contributed by atoms with E-state index in [1.54, 1.807) is 9.80 Å². The number of carbonyl (C=O) groups excluding carboxylic acids is 4. The number of morpholine rings is 1. The van der Waals surface area contributed by atoms with Gasteiger partial charge >= 0.3 is 6.03 Å². The standard InChI is InChI=1S/C27H44N4O5/c1-19(2)17-23(28-25(33)12-10-21-7-5-4-6-8-21)26(34)29-22-11-9-20(3)31(18-24(22)32)27(35)30-13-15-36-16-14-30/h19-21,23H,4-18H2,1-3H3,(H,28,33)/t20-,23+/m1/s1. The lowest BCUT2D eigenvalue weighted by molar-refractivity contribution is -0.127. The van der Waals surface area contributed by atoms with Gasteiger partial charge in [-0.25, -0.2) is 9.79 Å². The van der Waals surface area contributed by atoms with Gasteiger partial charge in [0.25, 0.3) is 5.91 Å². The van der Waals surface area contributed by atoms with E-state index in [2.05, 4.69) is 10.3 Å². The van der Waals surface area contributed by atoms with Crippen molar-refractivity contribution in [2.24, 2.45) is 16.8 Å². The van der Waals surface area contributed by atoms with Crippen molar-refractivity contribution in [1.29, 1.82) is 0 Å². The van der Waals surface area contributed by atoms with Gasteiger partial charge in [-0.05, 0) is 44.4 Å². The van der Waals surface area contributed by atoms with Crippen LogP contribution < -0.4 is 5.32 Å². The molecule has 4 amide bonds. The van der Waals surface area contributed by atoms with Crippen LogP contribution in [0, 0.1) is 11.8 Å². The average molecular weight is 505 g/mol. The summed E-state index contributed by atoms with van der Waals surface area (Å²) >= 11 is 0. The number of nitrogens with one attached hydrogen (secondary N) is 1. The molecule has 2 heterocycles. The van der Waals surface area contributed by atoms with Gasteiger partial charge < -0.3 is 19.9 Å². The normalized spacial score (nSPS) is 24.1. The molecule has 0 spiro atoms. The van der Waals surface area contributed by atoms with Gasteiger partial charge in [0.1, 0.15) is 6.04 Å². The number of hydrogen-bond donors (Lipinski definition) is 1. The molecule has 3 rings (SSSR count). The smallest absolute Gasteiger partial charge is 0.320 e. The first-order chi connectivity index (χ1) is 17.2. The van der Waals surface area contributed by atoms with Gasteiger partial charge in [-0.15, -0.1) is 0 Å². The molecule has 0 aromatic rings. The lowest BCUT2D eigenvalue weighted by Crippen LogP contribution is -2.52. The largest absolute Gasteiger partial charge is 0.378 e. The molecule has 2 saturated heterocycles. The number of nitrogens with zero attached hydrogens (tertiary/aromatic N) is 3. The van der Waals surface area contributed by atoms with Crippen LogP contribution in [0.25, 0.3) is 0 Å². The second-order valence-electron chi connectivity index (χ2n) is 11.0. The summed E-state index contributed by atoms with van der Waals surface area (Å²) in [5.41, 5.74) is 0.203. The van der Waals surface area contributed by atoms with Crippen LogP contribution in [-0.4, -0.2) is 84.1 Å². The Morgan fingerprint density at radius 1 is 1.08 bits per heavy atom. The maximum absolute atomic E-state index is 13.1. The number of urea groups is 1. The Kier molecular flexibility index (Phi) is 10.9. The summed E-state index contributed by atoms with van der Waals surface area (Å²) < 4.78 is 5.33. The lowest BCUT2D eigenvalue weighted by atomic mass is 9.86. The zero-order chi connectivity index (χ0) is 26.1. The Bertz CT molecular complexity index is 815. The summed E-state index contributed by atoms with van der Waals surface area (Å²) in [6.07, 6.45) is 8.74. The molecule has 0 aromatic heterocycles. The first kappa shape index (κ1) is 28.3. The summed E-state index contributed by atoms with van der Waals surface area (Å²) in [5.74, 6) is -0.121. The molecule has 0 radical (unpaired) electrons. The number of ketones is 1. The molecule has 9 heteroatoms. The van der Waals surface area contributed by atoms with Gasteiger partial charge in [-0.3, -0.25) is 14.4 Å². The zero-order valence-corrected chi connectivity index (χ0v) is 22.3. The highest BCUT2D eigenvalue weighted by Gasteiger charge is 2.33. The van der Waals surface area contributed by atoms with Crippen molar-refractivity contribution < 1.29 is 23.9 Å². The van der Waals surface area contributed by atoms with Crippen molar-refractivity contribution in [3.63, 3.8) is 0 Å². The molecule has 9 nitrogen and oxygen atoms in total.